The molecule has 0 spiro atoms. The number of carbonyl (C=O) groups is 1. The molecular weight excluding hydrogens is 226 g/mol. The summed E-state index contributed by atoms with van der Waals surface area (Å²) in [6.07, 6.45) is 10.8. The molecule has 18 heavy (non-hydrogen) atoms. The van der Waals surface area contributed by atoms with Crippen LogP contribution in [0.25, 0.3) is 0 Å². The van der Waals surface area contributed by atoms with Gasteiger partial charge in [-0.2, -0.15) is 0 Å². The zero-order valence-electron chi connectivity index (χ0n) is 12.0. The Kier molecular flexibility index (Phi) is 8.06. The van der Waals surface area contributed by atoms with Gasteiger partial charge < -0.3 is 10.1 Å². The van der Waals surface area contributed by atoms with Crippen molar-refractivity contribution in [1.82, 2.24) is 5.32 Å². The Labute approximate surface area is 112 Å². The first-order valence-electron chi connectivity index (χ1n) is 7.70. The summed E-state index contributed by atoms with van der Waals surface area (Å²) in [6, 6.07) is 0.454. The molecule has 0 heterocycles. The van der Waals surface area contributed by atoms with Gasteiger partial charge in [0.15, 0.2) is 0 Å². The third-order valence-corrected chi connectivity index (χ3v) is 3.71. The fraction of sp³-hybridized carbons (Fsp3) is 0.933. The van der Waals surface area contributed by atoms with Gasteiger partial charge in [0.25, 0.3) is 0 Å². The number of rotatable bonds is 9. The van der Waals surface area contributed by atoms with Gasteiger partial charge in [0.05, 0.1) is 6.61 Å². The molecule has 1 atom stereocenters. The molecule has 0 aliphatic heterocycles. The summed E-state index contributed by atoms with van der Waals surface area (Å²) in [7, 11) is 0. The molecule has 1 unspecified atom stereocenters. The van der Waals surface area contributed by atoms with Crippen molar-refractivity contribution in [3.63, 3.8) is 0 Å². The van der Waals surface area contributed by atoms with Crippen LogP contribution in [0.1, 0.15) is 71.6 Å². The molecule has 3 nitrogen and oxygen atoms in total. The SMILES string of the molecule is CCCCCCC(NC1CCCC1)C(=O)OCC. The Hall–Kier alpha value is -0.570. The van der Waals surface area contributed by atoms with E-state index in [-0.39, 0.29) is 12.0 Å². The maximum absolute atomic E-state index is 11.9. The summed E-state index contributed by atoms with van der Waals surface area (Å²) in [6.45, 7) is 4.57. The van der Waals surface area contributed by atoms with Crippen LogP contribution in [-0.4, -0.2) is 24.7 Å². The van der Waals surface area contributed by atoms with Crippen LogP contribution in [0.5, 0.6) is 0 Å². The van der Waals surface area contributed by atoms with Crippen LogP contribution in [0.4, 0.5) is 0 Å². The van der Waals surface area contributed by atoms with E-state index in [0.717, 1.165) is 12.8 Å². The van der Waals surface area contributed by atoms with Crippen molar-refractivity contribution in [1.29, 1.82) is 0 Å². The summed E-state index contributed by atoms with van der Waals surface area (Å²) in [4.78, 5) is 11.9. The van der Waals surface area contributed by atoms with Gasteiger partial charge in [0, 0.05) is 6.04 Å². The molecule has 0 saturated heterocycles. The Morgan fingerprint density at radius 3 is 2.56 bits per heavy atom. The molecule has 1 fully saturated rings. The number of esters is 1. The van der Waals surface area contributed by atoms with E-state index in [4.69, 9.17) is 4.74 Å². The highest BCUT2D eigenvalue weighted by atomic mass is 16.5. The first-order valence-corrected chi connectivity index (χ1v) is 7.70. The first kappa shape index (κ1) is 15.5. The Morgan fingerprint density at radius 1 is 1.22 bits per heavy atom. The van der Waals surface area contributed by atoms with Crippen LogP contribution in [0, 0.1) is 0 Å². The predicted molar refractivity (Wildman–Crippen MR) is 74.6 cm³/mol. The molecule has 1 aliphatic rings. The van der Waals surface area contributed by atoms with Crippen LogP contribution in [0.2, 0.25) is 0 Å². The molecule has 0 amide bonds. The normalized spacial score (nSPS) is 17.9. The molecule has 1 aliphatic carbocycles. The minimum atomic E-state index is -0.0788. The van der Waals surface area contributed by atoms with Crippen LogP contribution >= 0.6 is 0 Å². The summed E-state index contributed by atoms with van der Waals surface area (Å²) in [5.74, 6) is -0.0547. The summed E-state index contributed by atoms with van der Waals surface area (Å²) in [5.41, 5.74) is 0. The van der Waals surface area contributed by atoms with E-state index < -0.39 is 0 Å². The van der Waals surface area contributed by atoms with E-state index in [1.165, 1.54) is 44.9 Å². The van der Waals surface area contributed by atoms with E-state index in [0.29, 0.717) is 12.6 Å². The quantitative estimate of drug-likeness (QED) is 0.507. The van der Waals surface area contributed by atoms with Gasteiger partial charge in [-0.3, -0.25) is 4.79 Å². The highest BCUT2D eigenvalue weighted by molar-refractivity contribution is 5.75. The largest absolute Gasteiger partial charge is 0.465 e. The smallest absolute Gasteiger partial charge is 0.323 e. The highest BCUT2D eigenvalue weighted by Crippen LogP contribution is 2.19. The van der Waals surface area contributed by atoms with Crippen molar-refractivity contribution in [3.05, 3.63) is 0 Å². The minimum absolute atomic E-state index is 0.0547. The van der Waals surface area contributed by atoms with Crippen LogP contribution < -0.4 is 5.32 Å². The second kappa shape index (κ2) is 9.37. The van der Waals surface area contributed by atoms with Crippen molar-refractivity contribution >= 4 is 5.97 Å². The molecule has 0 aromatic rings. The topological polar surface area (TPSA) is 38.3 Å². The van der Waals surface area contributed by atoms with Gasteiger partial charge in [-0.15, -0.1) is 0 Å². The molecule has 0 aromatic carbocycles. The van der Waals surface area contributed by atoms with Crippen LogP contribution in [-0.2, 0) is 9.53 Å². The standard InChI is InChI=1S/C15H29NO2/c1-3-5-6-7-12-14(15(17)18-4-2)16-13-10-8-9-11-13/h13-14,16H,3-12H2,1-2H3. The fourth-order valence-electron chi connectivity index (χ4n) is 2.66. The highest BCUT2D eigenvalue weighted by Gasteiger charge is 2.24. The first-order chi connectivity index (χ1) is 8.77. The molecule has 0 radical (unpaired) electrons. The Bertz CT molecular complexity index is 225. The molecular formula is C15H29NO2. The van der Waals surface area contributed by atoms with E-state index in [1.54, 1.807) is 0 Å². The van der Waals surface area contributed by atoms with E-state index >= 15 is 0 Å². The van der Waals surface area contributed by atoms with Gasteiger partial charge in [-0.05, 0) is 26.2 Å². The lowest BCUT2D eigenvalue weighted by atomic mass is 10.1. The number of nitrogens with one attached hydrogen (secondary N) is 1. The maximum Gasteiger partial charge on any atom is 0.323 e. The summed E-state index contributed by atoms with van der Waals surface area (Å²) in [5, 5.41) is 3.50. The number of hydrogen-bond acceptors (Lipinski definition) is 3. The van der Waals surface area contributed by atoms with Gasteiger partial charge in [-0.1, -0.05) is 45.4 Å². The second-order valence-electron chi connectivity index (χ2n) is 5.30. The fourth-order valence-corrected chi connectivity index (χ4v) is 2.66. The number of hydrogen-bond donors (Lipinski definition) is 1. The van der Waals surface area contributed by atoms with Crippen LogP contribution in [0.15, 0.2) is 0 Å². The van der Waals surface area contributed by atoms with Crippen molar-refractivity contribution < 1.29 is 9.53 Å². The molecule has 0 aromatic heterocycles. The lowest BCUT2D eigenvalue weighted by Gasteiger charge is -2.21. The van der Waals surface area contributed by atoms with Gasteiger partial charge >= 0.3 is 5.97 Å². The number of carbonyl (C=O) groups excluding carboxylic acids is 1. The third kappa shape index (κ3) is 5.85. The molecule has 1 saturated carbocycles. The van der Waals surface area contributed by atoms with Crippen molar-refractivity contribution in [2.75, 3.05) is 6.61 Å². The third-order valence-electron chi connectivity index (χ3n) is 3.71. The Balaban J connectivity index is 2.32. The lowest BCUT2D eigenvalue weighted by molar-refractivity contribution is -0.146. The van der Waals surface area contributed by atoms with Gasteiger partial charge in [0.1, 0.15) is 6.04 Å². The second-order valence-corrected chi connectivity index (χ2v) is 5.30. The van der Waals surface area contributed by atoms with Gasteiger partial charge in [-0.25, -0.2) is 0 Å². The maximum atomic E-state index is 11.9. The number of ether oxygens (including phenoxy) is 1. The zero-order valence-corrected chi connectivity index (χ0v) is 12.0. The lowest BCUT2D eigenvalue weighted by Crippen LogP contribution is -2.43. The molecule has 1 N–H and O–H groups in total. The Morgan fingerprint density at radius 2 is 1.94 bits per heavy atom. The summed E-state index contributed by atoms with van der Waals surface area (Å²) >= 11 is 0. The summed E-state index contributed by atoms with van der Waals surface area (Å²) < 4.78 is 5.17. The average molecular weight is 255 g/mol. The van der Waals surface area contributed by atoms with Crippen molar-refractivity contribution in [2.24, 2.45) is 0 Å². The predicted octanol–water partition coefficient (Wildman–Crippen LogP) is 3.42. The molecule has 3 heteroatoms. The van der Waals surface area contributed by atoms with Crippen molar-refractivity contribution in [2.45, 2.75) is 83.7 Å². The minimum Gasteiger partial charge on any atom is -0.465 e. The van der Waals surface area contributed by atoms with E-state index in [2.05, 4.69) is 12.2 Å². The van der Waals surface area contributed by atoms with E-state index in [9.17, 15) is 4.79 Å². The van der Waals surface area contributed by atoms with E-state index in [1.807, 2.05) is 6.92 Å². The zero-order chi connectivity index (χ0) is 13.2. The van der Waals surface area contributed by atoms with Crippen molar-refractivity contribution in [3.8, 4) is 0 Å². The molecule has 1 rings (SSSR count). The molecule has 106 valence electrons. The van der Waals surface area contributed by atoms with Gasteiger partial charge in [0.2, 0.25) is 0 Å². The average Bonchev–Trinajstić information content (AvgIpc) is 2.86. The van der Waals surface area contributed by atoms with Crippen LogP contribution in [0.3, 0.4) is 0 Å². The monoisotopic (exact) mass is 255 g/mol. The molecule has 0 bridgehead atoms. The number of unbranched alkanes of at least 4 members (excludes halogenated alkanes) is 3.